The molecule has 0 N–H and O–H groups in total. The molecule has 0 aliphatic heterocycles. The van der Waals surface area contributed by atoms with Gasteiger partial charge in [0.2, 0.25) is 0 Å². The zero-order valence-electron chi connectivity index (χ0n) is 15.2. The molecule has 3 aromatic heterocycles. The molecular formula is C21H13N3O3S2. The summed E-state index contributed by atoms with van der Waals surface area (Å²) in [6.07, 6.45) is 1.60. The van der Waals surface area contributed by atoms with E-state index in [-0.39, 0.29) is 5.69 Å². The maximum absolute atomic E-state index is 11.4. The van der Waals surface area contributed by atoms with Crippen LogP contribution in [0.4, 0.5) is 5.69 Å². The quantitative estimate of drug-likeness (QED) is 0.212. The van der Waals surface area contributed by atoms with Crippen LogP contribution in [0.5, 0.6) is 0 Å². The fourth-order valence-corrected chi connectivity index (χ4v) is 4.34. The molecule has 0 spiro atoms. The molecule has 142 valence electrons. The van der Waals surface area contributed by atoms with Crippen LogP contribution in [0.3, 0.4) is 0 Å². The number of hydrogen-bond acceptors (Lipinski definition) is 7. The number of allylic oxidation sites excluding steroid dienone is 1. The second-order valence-corrected chi connectivity index (χ2v) is 7.97. The van der Waals surface area contributed by atoms with Gasteiger partial charge in [-0.2, -0.15) is 5.26 Å². The Balaban J connectivity index is 1.67. The first-order valence-electron chi connectivity index (χ1n) is 8.52. The van der Waals surface area contributed by atoms with Crippen molar-refractivity contribution in [2.24, 2.45) is 0 Å². The number of benzene rings is 1. The average molecular weight is 419 g/mol. The van der Waals surface area contributed by atoms with E-state index >= 15 is 0 Å². The van der Waals surface area contributed by atoms with Gasteiger partial charge in [-0.1, -0.05) is 12.1 Å². The van der Waals surface area contributed by atoms with Gasteiger partial charge in [0, 0.05) is 17.5 Å². The smallest absolute Gasteiger partial charge is 0.280 e. The first-order chi connectivity index (χ1) is 14.0. The lowest BCUT2D eigenvalue weighted by atomic mass is 10.1. The van der Waals surface area contributed by atoms with Crippen LogP contribution in [0.15, 0.2) is 57.6 Å². The van der Waals surface area contributed by atoms with Crippen LogP contribution in [-0.2, 0) is 0 Å². The van der Waals surface area contributed by atoms with Gasteiger partial charge in [0.05, 0.1) is 26.6 Å². The normalized spacial score (nSPS) is 11.4. The molecule has 0 amide bonds. The second kappa shape index (κ2) is 7.83. The molecule has 1 aromatic carbocycles. The standard InChI is InChI=1S/C21H13N3O3S2/c1-13-4-6-16(18(9-13)24(25)26)19-7-5-15(27-19)10-14(11-22)21-23-17(12-29-21)20-3-2-8-28-20/h2-10,12H,1H3. The Labute approximate surface area is 174 Å². The molecule has 4 aromatic rings. The summed E-state index contributed by atoms with van der Waals surface area (Å²) in [4.78, 5) is 16.5. The largest absolute Gasteiger partial charge is 0.456 e. The number of rotatable bonds is 5. The molecule has 0 bridgehead atoms. The van der Waals surface area contributed by atoms with Gasteiger partial charge in [0.1, 0.15) is 22.6 Å². The molecule has 0 aliphatic carbocycles. The maximum atomic E-state index is 11.4. The predicted molar refractivity (Wildman–Crippen MR) is 114 cm³/mol. The number of nitro groups is 1. The monoisotopic (exact) mass is 419 g/mol. The number of aromatic nitrogens is 1. The zero-order valence-corrected chi connectivity index (χ0v) is 16.8. The van der Waals surface area contributed by atoms with E-state index in [1.165, 1.54) is 17.4 Å². The fourth-order valence-electron chi connectivity index (χ4n) is 2.80. The summed E-state index contributed by atoms with van der Waals surface area (Å²) < 4.78 is 5.78. The van der Waals surface area contributed by atoms with Gasteiger partial charge >= 0.3 is 0 Å². The third-order valence-corrected chi connectivity index (χ3v) is 5.93. The lowest BCUT2D eigenvalue weighted by Gasteiger charge is -2.01. The Morgan fingerprint density at radius 3 is 2.86 bits per heavy atom. The predicted octanol–water partition coefficient (Wildman–Crippen LogP) is 6.41. The number of hydrogen-bond donors (Lipinski definition) is 0. The van der Waals surface area contributed by atoms with Crippen molar-refractivity contribution in [2.45, 2.75) is 6.92 Å². The lowest BCUT2D eigenvalue weighted by Crippen LogP contribution is -1.92. The third-order valence-electron chi connectivity index (χ3n) is 4.16. The summed E-state index contributed by atoms with van der Waals surface area (Å²) >= 11 is 2.97. The molecule has 0 aliphatic rings. The van der Waals surface area contributed by atoms with Gasteiger partial charge < -0.3 is 4.42 Å². The van der Waals surface area contributed by atoms with Crippen LogP contribution < -0.4 is 0 Å². The topological polar surface area (TPSA) is 93.0 Å². The van der Waals surface area contributed by atoms with Crippen LogP contribution in [0, 0.1) is 28.4 Å². The summed E-state index contributed by atoms with van der Waals surface area (Å²) in [5.41, 5.74) is 2.38. The number of nitrogens with zero attached hydrogens (tertiary/aromatic N) is 3. The van der Waals surface area contributed by atoms with E-state index in [9.17, 15) is 15.4 Å². The van der Waals surface area contributed by atoms with Crippen molar-refractivity contribution in [2.75, 3.05) is 0 Å². The highest BCUT2D eigenvalue weighted by atomic mass is 32.1. The van der Waals surface area contributed by atoms with E-state index < -0.39 is 4.92 Å². The fraction of sp³-hybridized carbons (Fsp3) is 0.0476. The van der Waals surface area contributed by atoms with E-state index in [0.29, 0.717) is 27.7 Å². The van der Waals surface area contributed by atoms with Gasteiger partial charge in [-0.05, 0) is 42.1 Å². The Morgan fingerprint density at radius 2 is 2.14 bits per heavy atom. The Kier molecular flexibility index (Phi) is 5.08. The van der Waals surface area contributed by atoms with Crippen molar-refractivity contribution in [1.82, 2.24) is 4.98 Å². The number of aryl methyl sites for hydroxylation is 1. The second-order valence-electron chi connectivity index (χ2n) is 6.16. The van der Waals surface area contributed by atoms with Crippen molar-refractivity contribution in [3.63, 3.8) is 0 Å². The van der Waals surface area contributed by atoms with E-state index in [2.05, 4.69) is 11.1 Å². The SMILES string of the molecule is Cc1ccc(-c2ccc(C=C(C#N)c3nc(-c4cccs4)cs3)o2)c([N+](=O)[O-])c1. The summed E-state index contributed by atoms with van der Waals surface area (Å²) in [5.74, 6) is 0.804. The van der Waals surface area contributed by atoms with E-state index in [4.69, 9.17) is 4.42 Å². The Bertz CT molecular complexity index is 1260. The first kappa shape index (κ1) is 18.8. The van der Waals surface area contributed by atoms with Crippen molar-refractivity contribution >= 4 is 40.0 Å². The number of nitriles is 1. The van der Waals surface area contributed by atoms with E-state index in [1.54, 1.807) is 48.6 Å². The van der Waals surface area contributed by atoms with Gasteiger partial charge in [-0.3, -0.25) is 10.1 Å². The van der Waals surface area contributed by atoms with Crippen LogP contribution in [0.1, 0.15) is 16.3 Å². The molecule has 0 atom stereocenters. The van der Waals surface area contributed by atoms with E-state index in [0.717, 1.165) is 16.1 Å². The van der Waals surface area contributed by atoms with Crippen LogP contribution in [-0.4, -0.2) is 9.91 Å². The van der Waals surface area contributed by atoms with Gasteiger partial charge in [-0.15, -0.1) is 22.7 Å². The number of nitro benzene ring substituents is 1. The molecular weight excluding hydrogens is 406 g/mol. The minimum Gasteiger partial charge on any atom is -0.456 e. The Morgan fingerprint density at radius 1 is 1.28 bits per heavy atom. The molecule has 29 heavy (non-hydrogen) atoms. The van der Waals surface area contributed by atoms with Crippen molar-refractivity contribution in [3.8, 4) is 28.0 Å². The molecule has 8 heteroatoms. The molecule has 0 radical (unpaired) electrons. The molecule has 0 saturated heterocycles. The van der Waals surface area contributed by atoms with Crippen LogP contribution in [0.2, 0.25) is 0 Å². The summed E-state index contributed by atoms with van der Waals surface area (Å²) in [6, 6.07) is 14.4. The van der Waals surface area contributed by atoms with Crippen molar-refractivity contribution < 1.29 is 9.34 Å². The highest BCUT2D eigenvalue weighted by Crippen LogP contribution is 2.34. The van der Waals surface area contributed by atoms with Crippen molar-refractivity contribution in [3.05, 3.63) is 79.7 Å². The molecule has 0 saturated carbocycles. The van der Waals surface area contributed by atoms with Crippen LogP contribution in [0.25, 0.3) is 33.5 Å². The first-order valence-corrected chi connectivity index (χ1v) is 10.3. The van der Waals surface area contributed by atoms with Crippen molar-refractivity contribution in [1.29, 1.82) is 5.26 Å². The Hall–Kier alpha value is -3.54. The summed E-state index contributed by atoms with van der Waals surface area (Å²) in [7, 11) is 0. The molecule has 0 unspecified atom stereocenters. The highest BCUT2D eigenvalue weighted by Gasteiger charge is 2.18. The van der Waals surface area contributed by atoms with Gasteiger partial charge in [0.15, 0.2) is 0 Å². The summed E-state index contributed by atoms with van der Waals surface area (Å²) in [5, 5.41) is 25.4. The molecule has 4 rings (SSSR count). The summed E-state index contributed by atoms with van der Waals surface area (Å²) in [6.45, 7) is 1.80. The maximum Gasteiger partial charge on any atom is 0.280 e. The highest BCUT2D eigenvalue weighted by molar-refractivity contribution is 7.14. The molecule has 3 heterocycles. The van der Waals surface area contributed by atoms with Gasteiger partial charge in [0.25, 0.3) is 5.69 Å². The van der Waals surface area contributed by atoms with Crippen LogP contribution >= 0.6 is 22.7 Å². The zero-order chi connectivity index (χ0) is 20.4. The molecule has 6 nitrogen and oxygen atoms in total. The minimum atomic E-state index is -0.428. The number of thiophene rings is 1. The van der Waals surface area contributed by atoms with E-state index in [1.807, 2.05) is 22.9 Å². The molecule has 0 fully saturated rings. The lowest BCUT2D eigenvalue weighted by molar-refractivity contribution is -0.384. The number of furan rings is 1. The minimum absolute atomic E-state index is 0.0177. The van der Waals surface area contributed by atoms with Gasteiger partial charge in [-0.25, -0.2) is 4.98 Å². The number of thiazole rings is 1. The third kappa shape index (κ3) is 3.87. The average Bonchev–Trinajstić information content (AvgIpc) is 3.46.